The predicted octanol–water partition coefficient (Wildman–Crippen LogP) is 1.68. The Kier molecular flexibility index (Phi) is 6.01. The molecule has 124 valence electrons. The summed E-state index contributed by atoms with van der Waals surface area (Å²) in [4.78, 5) is 38.8. The molecule has 0 fully saturated rings. The van der Waals surface area contributed by atoms with Crippen molar-refractivity contribution in [3.05, 3.63) is 54.4 Å². The van der Waals surface area contributed by atoms with E-state index in [9.17, 15) is 14.4 Å². The Morgan fingerprint density at radius 1 is 0.958 bits per heavy atom. The van der Waals surface area contributed by atoms with Crippen LogP contribution in [0.3, 0.4) is 0 Å². The van der Waals surface area contributed by atoms with Crippen LogP contribution in [0.1, 0.15) is 19.0 Å². The number of nitrogens with one attached hydrogen (secondary N) is 3. The summed E-state index contributed by atoms with van der Waals surface area (Å²) in [6.07, 6.45) is 1.34. The van der Waals surface area contributed by atoms with E-state index >= 15 is 0 Å². The normalized spacial score (nSPS) is 9.88. The maximum absolute atomic E-state index is 11.9. The highest BCUT2D eigenvalue weighted by atomic mass is 16.2. The number of hydrogen-bond donors (Lipinski definition) is 3. The Morgan fingerprint density at radius 2 is 1.71 bits per heavy atom. The summed E-state index contributed by atoms with van der Waals surface area (Å²) in [7, 11) is 0. The maximum atomic E-state index is 11.9. The fourth-order valence-corrected chi connectivity index (χ4v) is 1.98. The number of carbonyl (C=O) groups is 3. The van der Waals surface area contributed by atoms with Crippen LogP contribution < -0.4 is 16.0 Å². The molecule has 0 aliphatic heterocycles. The van der Waals surface area contributed by atoms with Gasteiger partial charge in [0.2, 0.25) is 17.7 Å². The number of nitrogens with zero attached hydrogens (tertiary/aromatic N) is 1. The monoisotopic (exact) mass is 326 g/mol. The van der Waals surface area contributed by atoms with Gasteiger partial charge in [-0.3, -0.25) is 19.4 Å². The zero-order valence-corrected chi connectivity index (χ0v) is 13.2. The molecule has 0 spiro atoms. The largest absolute Gasteiger partial charge is 0.350 e. The van der Waals surface area contributed by atoms with Crippen molar-refractivity contribution in [1.29, 1.82) is 0 Å². The van der Waals surface area contributed by atoms with Gasteiger partial charge in [-0.1, -0.05) is 12.1 Å². The first-order valence-electron chi connectivity index (χ1n) is 7.37. The molecule has 0 radical (unpaired) electrons. The topological polar surface area (TPSA) is 100 Å². The first kappa shape index (κ1) is 17.1. The van der Waals surface area contributed by atoms with Crippen molar-refractivity contribution in [3.8, 4) is 0 Å². The summed E-state index contributed by atoms with van der Waals surface area (Å²) in [5.74, 6) is -1.03. The van der Waals surface area contributed by atoms with Gasteiger partial charge in [-0.2, -0.15) is 0 Å². The van der Waals surface area contributed by atoms with Gasteiger partial charge in [-0.25, -0.2) is 0 Å². The van der Waals surface area contributed by atoms with Crippen LogP contribution in [0.4, 0.5) is 11.4 Å². The van der Waals surface area contributed by atoms with E-state index in [2.05, 4.69) is 20.9 Å². The molecule has 2 aromatic rings. The van der Waals surface area contributed by atoms with Crippen LogP contribution in [0, 0.1) is 0 Å². The molecule has 0 atom stereocenters. The third-order valence-corrected chi connectivity index (χ3v) is 2.98. The van der Waals surface area contributed by atoms with Crippen molar-refractivity contribution in [2.45, 2.75) is 19.9 Å². The Morgan fingerprint density at radius 3 is 2.38 bits per heavy atom. The lowest BCUT2D eigenvalue weighted by Crippen LogP contribution is -2.28. The van der Waals surface area contributed by atoms with E-state index in [-0.39, 0.29) is 18.9 Å². The first-order valence-corrected chi connectivity index (χ1v) is 7.37. The standard InChI is InChI=1S/C17H18N4O3/c1-12(22)20-13-6-4-7-14(9-13)21-17(24)10-16(23)19-11-15-5-2-3-8-18-15/h2-9H,10-11H2,1H3,(H,19,23)(H,20,22)(H,21,24). The highest BCUT2D eigenvalue weighted by Crippen LogP contribution is 2.15. The van der Waals surface area contributed by atoms with Gasteiger partial charge in [0.1, 0.15) is 6.42 Å². The molecule has 0 saturated carbocycles. The Hall–Kier alpha value is -3.22. The molecule has 0 saturated heterocycles. The first-order chi connectivity index (χ1) is 11.5. The van der Waals surface area contributed by atoms with E-state index in [4.69, 9.17) is 0 Å². The molecule has 3 amide bonds. The molecule has 1 heterocycles. The third kappa shape index (κ3) is 5.88. The summed E-state index contributed by atoms with van der Waals surface area (Å²) >= 11 is 0. The summed E-state index contributed by atoms with van der Waals surface area (Å²) in [6.45, 7) is 1.67. The number of rotatable bonds is 6. The van der Waals surface area contributed by atoms with Crippen LogP contribution in [0.25, 0.3) is 0 Å². The number of benzene rings is 1. The molecule has 0 aliphatic rings. The van der Waals surface area contributed by atoms with E-state index in [0.29, 0.717) is 17.1 Å². The molecule has 0 unspecified atom stereocenters. The van der Waals surface area contributed by atoms with E-state index in [1.54, 1.807) is 42.6 Å². The lowest BCUT2D eigenvalue weighted by molar-refractivity contribution is -0.127. The van der Waals surface area contributed by atoms with E-state index < -0.39 is 11.8 Å². The Balaban J connectivity index is 1.82. The van der Waals surface area contributed by atoms with Crippen molar-refractivity contribution in [3.63, 3.8) is 0 Å². The van der Waals surface area contributed by atoms with E-state index in [1.165, 1.54) is 6.92 Å². The number of aromatic nitrogens is 1. The van der Waals surface area contributed by atoms with Gasteiger partial charge in [0.05, 0.1) is 12.2 Å². The molecule has 7 heteroatoms. The minimum atomic E-state index is -0.437. The summed E-state index contributed by atoms with van der Waals surface area (Å²) in [5, 5.41) is 7.87. The lowest BCUT2D eigenvalue weighted by Gasteiger charge is -2.08. The highest BCUT2D eigenvalue weighted by Gasteiger charge is 2.10. The molecule has 1 aromatic carbocycles. The van der Waals surface area contributed by atoms with Gasteiger partial charge < -0.3 is 16.0 Å². The minimum Gasteiger partial charge on any atom is -0.350 e. The fraction of sp³-hybridized carbons (Fsp3) is 0.176. The van der Waals surface area contributed by atoms with Gasteiger partial charge in [0.15, 0.2) is 0 Å². The second kappa shape index (κ2) is 8.42. The Labute approximate surface area is 139 Å². The van der Waals surface area contributed by atoms with Gasteiger partial charge in [0.25, 0.3) is 0 Å². The van der Waals surface area contributed by atoms with Crippen LogP contribution in [0.2, 0.25) is 0 Å². The second-order valence-corrected chi connectivity index (χ2v) is 5.08. The number of pyridine rings is 1. The van der Waals surface area contributed by atoms with Crippen molar-refractivity contribution in [2.75, 3.05) is 10.6 Å². The van der Waals surface area contributed by atoms with Crippen LogP contribution in [0.15, 0.2) is 48.7 Å². The molecule has 0 bridgehead atoms. The molecular formula is C17H18N4O3. The van der Waals surface area contributed by atoms with Crippen molar-refractivity contribution < 1.29 is 14.4 Å². The SMILES string of the molecule is CC(=O)Nc1cccc(NC(=O)CC(=O)NCc2ccccn2)c1. The minimum absolute atomic E-state index is 0.202. The molecule has 0 aliphatic carbocycles. The fourth-order valence-electron chi connectivity index (χ4n) is 1.98. The van der Waals surface area contributed by atoms with E-state index in [0.717, 1.165) is 0 Å². The lowest BCUT2D eigenvalue weighted by atomic mass is 10.2. The molecule has 3 N–H and O–H groups in total. The zero-order chi connectivity index (χ0) is 17.4. The van der Waals surface area contributed by atoms with Crippen molar-refractivity contribution in [2.24, 2.45) is 0 Å². The van der Waals surface area contributed by atoms with Crippen molar-refractivity contribution in [1.82, 2.24) is 10.3 Å². The number of anilines is 2. The summed E-state index contributed by atoms with van der Waals surface area (Å²) in [6, 6.07) is 12.1. The van der Waals surface area contributed by atoms with Crippen LogP contribution >= 0.6 is 0 Å². The summed E-state index contributed by atoms with van der Waals surface area (Å²) in [5.41, 5.74) is 1.79. The van der Waals surface area contributed by atoms with Crippen LogP contribution in [-0.4, -0.2) is 22.7 Å². The molecule has 24 heavy (non-hydrogen) atoms. The molecular weight excluding hydrogens is 308 g/mol. The maximum Gasteiger partial charge on any atom is 0.233 e. The predicted molar refractivity (Wildman–Crippen MR) is 90.1 cm³/mol. The number of carbonyl (C=O) groups excluding carboxylic acids is 3. The van der Waals surface area contributed by atoms with Crippen molar-refractivity contribution >= 4 is 29.1 Å². The number of hydrogen-bond acceptors (Lipinski definition) is 4. The second-order valence-electron chi connectivity index (χ2n) is 5.08. The highest BCUT2D eigenvalue weighted by molar-refractivity contribution is 6.03. The van der Waals surface area contributed by atoms with Gasteiger partial charge in [0, 0.05) is 24.5 Å². The molecule has 1 aromatic heterocycles. The van der Waals surface area contributed by atoms with Gasteiger partial charge in [-0.15, -0.1) is 0 Å². The quantitative estimate of drug-likeness (QED) is 0.703. The summed E-state index contributed by atoms with van der Waals surface area (Å²) < 4.78 is 0. The van der Waals surface area contributed by atoms with Crippen LogP contribution in [0.5, 0.6) is 0 Å². The van der Waals surface area contributed by atoms with Gasteiger partial charge in [-0.05, 0) is 30.3 Å². The van der Waals surface area contributed by atoms with E-state index in [1.807, 2.05) is 6.07 Å². The molecule has 7 nitrogen and oxygen atoms in total. The Bertz CT molecular complexity index is 732. The van der Waals surface area contributed by atoms with Crippen LogP contribution in [-0.2, 0) is 20.9 Å². The average Bonchev–Trinajstić information content (AvgIpc) is 2.53. The number of amides is 3. The average molecular weight is 326 g/mol. The van der Waals surface area contributed by atoms with Gasteiger partial charge >= 0.3 is 0 Å². The molecule has 2 rings (SSSR count). The third-order valence-electron chi connectivity index (χ3n) is 2.98. The smallest absolute Gasteiger partial charge is 0.233 e. The zero-order valence-electron chi connectivity index (χ0n) is 13.2.